The van der Waals surface area contributed by atoms with E-state index in [1.165, 1.54) is 23.5 Å². The fourth-order valence-corrected chi connectivity index (χ4v) is 5.30. The number of hydrogen-bond acceptors (Lipinski definition) is 3. The van der Waals surface area contributed by atoms with Crippen LogP contribution in [0.5, 0.6) is 5.75 Å². The lowest BCUT2D eigenvalue weighted by atomic mass is 10.2. The Balaban J connectivity index is 1.59. The minimum atomic E-state index is 0.548. The SMILES string of the molecule is Clc1cccc(COc2ccc(C3SCCCS3)cc2)c1. The van der Waals surface area contributed by atoms with Crippen molar-refractivity contribution in [1.82, 2.24) is 0 Å². The summed E-state index contributed by atoms with van der Waals surface area (Å²) in [7, 11) is 0. The molecule has 0 bridgehead atoms. The molecule has 0 saturated carbocycles. The van der Waals surface area contributed by atoms with E-state index < -0.39 is 0 Å². The molecule has 1 fully saturated rings. The van der Waals surface area contributed by atoms with E-state index in [1.54, 1.807) is 0 Å². The number of thioether (sulfide) groups is 2. The van der Waals surface area contributed by atoms with Gasteiger partial charge in [-0.1, -0.05) is 35.9 Å². The molecule has 1 saturated heterocycles. The number of hydrogen-bond donors (Lipinski definition) is 0. The number of halogens is 1. The zero-order valence-electron chi connectivity index (χ0n) is 11.6. The predicted octanol–water partition coefficient (Wildman–Crippen LogP) is 5.79. The fraction of sp³-hybridized carbons (Fsp3) is 0.294. The maximum atomic E-state index is 5.97. The van der Waals surface area contributed by atoms with Crippen LogP contribution in [-0.4, -0.2) is 11.5 Å². The lowest BCUT2D eigenvalue weighted by molar-refractivity contribution is 0.306. The van der Waals surface area contributed by atoms with Crippen molar-refractivity contribution in [3.8, 4) is 5.75 Å². The molecule has 2 aromatic carbocycles. The van der Waals surface area contributed by atoms with E-state index in [0.29, 0.717) is 11.2 Å². The molecule has 1 nitrogen and oxygen atoms in total. The van der Waals surface area contributed by atoms with Crippen molar-refractivity contribution >= 4 is 35.1 Å². The van der Waals surface area contributed by atoms with E-state index >= 15 is 0 Å². The third-order valence-electron chi connectivity index (χ3n) is 3.27. The summed E-state index contributed by atoms with van der Waals surface area (Å²) in [6.07, 6.45) is 1.33. The predicted molar refractivity (Wildman–Crippen MR) is 94.5 cm³/mol. The van der Waals surface area contributed by atoms with Crippen molar-refractivity contribution in [1.29, 1.82) is 0 Å². The van der Waals surface area contributed by atoms with Crippen molar-refractivity contribution in [3.63, 3.8) is 0 Å². The van der Waals surface area contributed by atoms with Crippen LogP contribution in [-0.2, 0) is 6.61 Å². The van der Waals surface area contributed by atoms with Crippen LogP contribution in [0.25, 0.3) is 0 Å². The van der Waals surface area contributed by atoms with Crippen molar-refractivity contribution < 1.29 is 4.74 Å². The molecule has 0 aromatic heterocycles. The molecule has 21 heavy (non-hydrogen) atoms. The van der Waals surface area contributed by atoms with Crippen LogP contribution in [0.15, 0.2) is 48.5 Å². The van der Waals surface area contributed by atoms with Gasteiger partial charge >= 0.3 is 0 Å². The Bertz CT molecular complexity index is 580. The Kier molecular flexibility index (Phi) is 5.39. The molecule has 0 atom stereocenters. The molecular formula is C17H17ClOS2. The molecule has 0 radical (unpaired) electrons. The van der Waals surface area contributed by atoms with E-state index in [2.05, 4.69) is 24.3 Å². The fourth-order valence-electron chi connectivity index (χ4n) is 2.19. The van der Waals surface area contributed by atoms with Crippen LogP contribution in [0.3, 0.4) is 0 Å². The summed E-state index contributed by atoms with van der Waals surface area (Å²) in [5, 5.41) is 0.748. The normalized spacial score (nSPS) is 15.9. The van der Waals surface area contributed by atoms with Gasteiger partial charge < -0.3 is 4.74 Å². The van der Waals surface area contributed by atoms with E-state index in [-0.39, 0.29) is 0 Å². The van der Waals surface area contributed by atoms with Crippen molar-refractivity contribution in [2.75, 3.05) is 11.5 Å². The lowest BCUT2D eigenvalue weighted by Crippen LogP contribution is -2.00. The van der Waals surface area contributed by atoms with E-state index in [1.807, 2.05) is 47.8 Å². The Morgan fingerprint density at radius 2 is 1.81 bits per heavy atom. The maximum absolute atomic E-state index is 5.97. The monoisotopic (exact) mass is 336 g/mol. The first-order valence-electron chi connectivity index (χ1n) is 7.02. The van der Waals surface area contributed by atoms with Gasteiger partial charge in [-0.2, -0.15) is 0 Å². The molecule has 110 valence electrons. The third-order valence-corrected chi connectivity index (χ3v) is 6.52. The van der Waals surface area contributed by atoms with E-state index in [0.717, 1.165) is 16.3 Å². The molecule has 1 heterocycles. The van der Waals surface area contributed by atoms with Gasteiger partial charge in [0.05, 0.1) is 4.58 Å². The van der Waals surface area contributed by atoms with Crippen LogP contribution in [0.1, 0.15) is 22.1 Å². The summed E-state index contributed by atoms with van der Waals surface area (Å²) < 4.78 is 6.40. The standard InChI is InChI=1S/C17H17ClOS2/c18-15-4-1-3-13(11-15)12-19-16-7-5-14(6-8-16)17-20-9-2-10-21-17/h1,3-8,11,17H,2,9-10,12H2. The van der Waals surface area contributed by atoms with Crippen LogP contribution >= 0.6 is 35.1 Å². The van der Waals surface area contributed by atoms with Gasteiger partial charge in [-0.15, -0.1) is 23.5 Å². The summed E-state index contributed by atoms with van der Waals surface area (Å²) in [4.78, 5) is 0. The van der Waals surface area contributed by atoms with Crippen molar-refractivity contribution in [2.24, 2.45) is 0 Å². The first-order valence-corrected chi connectivity index (χ1v) is 9.49. The van der Waals surface area contributed by atoms with Crippen LogP contribution in [0.4, 0.5) is 0 Å². The molecule has 1 aliphatic rings. The smallest absolute Gasteiger partial charge is 0.119 e. The highest BCUT2D eigenvalue weighted by molar-refractivity contribution is 8.16. The largest absolute Gasteiger partial charge is 0.489 e. The molecular weight excluding hydrogens is 320 g/mol. The quantitative estimate of drug-likeness (QED) is 0.699. The second-order valence-electron chi connectivity index (χ2n) is 4.91. The highest BCUT2D eigenvalue weighted by Crippen LogP contribution is 2.43. The number of ether oxygens (including phenoxy) is 1. The molecule has 4 heteroatoms. The van der Waals surface area contributed by atoms with Crippen molar-refractivity contribution in [2.45, 2.75) is 17.6 Å². The van der Waals surface area contributed by atoms with Crippen LogP contribution in [0, 0.1) is 0 Å². The average Bonchev–Trinajstić information content (AvgIpc) is 2.54. The van der Waals surface area contributed by atoms with Gasteiger partial charge in [0.25, 0.3) is 0 Å². The molecule has 0 unspecified atom stereocenters. The lowest BCUT2D eigenvalue weighted by Gasteiger charge is -2.21. The van der Waals surface area contributed by atoms with Crippen LogP contribution in [0.2, 0.25) is 5.02 Å². The number of benzene rings is 2. The second kappa shape index (κ2) is 7.48. The zero-order chi connectivity index (χ0) is 14.5. The van der Waals surface area contributed by atoms with Gasteiger partial charge in [0.2, 0.25) is 0 Å². The summed E-state index contributed by atoms with van der Waals surface area (Å²) in [6.45, 7) is 0.548. The van der Waals surface area contributed by atoms with Gasteiger partial charge in [0.1, 0.15) is 12.4 Å². The van der Waals surface area contributed by atoms with Gasteiger partial charge in [-0.25, -0.2) is 0 Å². The van der Waals surface area contributed by atoms with Gasteiger partial charge in [0, 0.05) is 5.02 Å². The first kappa shape index (κ1) is 15.1. The average molecular weight is 337 g/mol. The third kappa shape index (κ3) is 4.35. The Hall–Kier alpha value is -0.770. The molecule has 2 aromatic rings. The Morgan fingerprint density at radius 3 is 2.52 bits per heavy atom. The second-order valence-corrected chi connectivity index (χ2v) is 8.08. The highest BCUT2D eigenvalue weighted by atomic mass is 35.5. The zero-order valence-corrected chi connectivity index (χ0v) is 14.0. The summed E-state index contributed by atoms with van der Waals surface area (Å²) in [6, 6.07) is 16.3. The minimum Gasteiger partial charge on any atom is -0.489 e. The number of rotatable bonds is 4. The molecule has 0 spiro atoms. The van der Waals surface area contributed by atoms with Gasteiger partial charge in [-0.05, 0) is 53.3 Å². The molecule has 3 rings (SSSR count). The van der Waals surface area contributed by atoms with Crippen molar-refractivity contribution in [3.05, 3.63) is 64.7 Å². The maximum Gasteiger partial charge on any atom is 0.119 e. The molecule has 0 aliphatic carbocycles. The van der Waals surface area contributed by atoms with E-state index in [9.17, 15) is 0 Å². The molecule has 0 amide bonds. The van der Waals surface area contributed by atoms with Gasteiger partial charge in [-0.3, -0.25) is 0 Å². The van der Waals surface area contributed by atoms with E-state index in [4.69, 9.17) is 16.3 Å². The highest BCUT2D eigenvalue weighted by Gasteiger charge is 2.16. The minimum absolute atomic E-state index is 0.548. The molecule has 0 N–H and O–H groups in total. The summed E-state index contributed by atoms with van der Waals surface area (Å²) >= 11 is 10.1. The summed E-state index contributed by atoms with van der Waals surface area (Å²) in [5.41, 5.74) is 2.48. The first-order chi connectivity index (χ1) is 10.3. The van der Waals surface area contributed by atoms with Crippen LogP contribution < -0.4 is 4.74 Å². The van der Waals surface area contributed by atoms with Gasteiger partial charge in [0.15, 0.2) is 0 Å². The Labute approximate surface area is 139 Å². The summed E-state index contributed by atoms with van der Waals surface area (Å²) in [5.74, 6) is 3.44. The molecule has 1 aliphatic heterocycles. The Morgan fingerprint density at radius 1 is 1.05 bits per heavy atom. The topological polar surface area (TPSA) is 9.23 Å².